The third-order valence-corrected chi connectivity index (χ3v) is 7.50. The molecule has 11 heteroatoms. The second-order valence-corrected chi connectivity index (χ2v) is 10.2. The molecule has 5 heterocycles. The van der Waals surface area contributed by atoms with Gasteiger partial charge in [0.25, 0.3) is 0 Å². The molecule has 0 radical (unpaired) electrons. The zero-order valence-corrected chi connectivity index (χ0v) is 20.2. The summed E-state index contributed by atoms with van der Waals surface area (Å²) in [7, 11) is 0. The van der Waals surface area contributed by atoms with Crippen molar-refractivity contribution in [2.24, 2.45) is 11.8 Å². The lowest BCUT2D eigenvalue weighted by Gasteiger charge is -2.40. The molecule has 9 nitrogen and oxygen atoms in total. The molecule has 0 atom stereocenters. The van der Waals surface area contributed by atoms with Gasteiger partial charge in [-0.05, 0) is 37.1 Å². The second kappa shape index (κ2) is 8.66. The van der Waals surface area contributed by atoms with Crippen LogP contribution in [0.25, 0.3) is 22.2 Å². The van der Waals surface area contributed by atoms with Crippen LogP contribution in [-0.4, -0.2) is 55.4 Å². The number of carbonyl (C=O) groups is 1. The van der Waals surface area contributed by atoms with E-state index in [-0.39, 0.29) is 11.8 Å². The van der Waals surface area contributed by atoms with Crippen LogP contribution in [0.2, 0.25) is 5.02 Å². The Morgan fingerprint density at radius 1 is 1.24 bits per heavy atom. The first kappa shape index (κ1) is 21.5. The van der Waals surface area contributed by atoms with Gasteiger partial charge in [0.1, 0.15) is 17.0 Å². The summed E-state index contributed by atoms with van der Waals surface area (Å²) in [5, 5.41) is 5.23. The molecule has 2 N–H and O–H groups in total. The van der Waals surface area contributed by atoms with Gasteiger partial charge >= 0.3 is 0 Å². The van der Waals surface area contributed by atoms with Gasteiger partial charge in [0.15, 0.2) is 10.8 Å². The highest BCUT2D eigenvalue weighted by Gasteiger charge is 2.34. The maximum Gasteiger partial charge on any atom is 0.223 e. The molecule has 174 valence electrons. The van der Waals surface area contributed by atoms with E-state index in [0.717, 1.165) is 65.3 Å². The van der Waals surface area contributed by atoms with Crippen LogP contribution in [0.4, 0.5) is 5.82 Å². The van der Waals surface area contributed by atoms with Gasteiger partial charge in [-0.15, -0.1) is 0 Å². The number of carbonyl (C=O) groups excluding carboxylic acids is 1. The first-order valence-corrected chi connectivity index (χ1v) is 12.6. The van der Waals surface area contributed by atoms with Crippen LogP contribution >= 0.6 is 23.4 Å². The molecule has 0 bridgehead atoms. The summed E-state index contributed by atoms with van der Waals surface area (Å²) in [4.78, 5) is 41.0. The Labute approximate surface area is 205 Å². The lowest BCUT2D eigenvalue weighted by Crippen LogP contribution is -2.52. The Bertz CT molecular complexity index is 1400. The zero-order valence-electron chi connectivity index (χ0n) is 18.6. The fourth-order valence-corrected chi connectivity index (χ4v) is 5.31. The lowest BCUT2D eigenvalue weighted by atomic mass is 9.99. The molecule has 1 aliphatic heterocycles. The standard InChI is InChI=1S/C23H23ClN8OS/c1-2-15-18(24)17-20(29-15)30-23(34-14-7-16-19(27-9-14)26-6-5-25-16)31-21(17)32-10-12(11-32)8-28-22(33)13-3-4-13/h5-7,9,12-13H,2-4,8,10-11H2,1H3,(H,28,33)(H,29,30,31). The fourth-order valence-electron chi connectivity index (χ4n) is 4.20. The molecule has 2 fully saturated rings. The quantitative estimate of drug-likeness (QED) is 0.374. The number of halogens is 1. The van der Waals surface area contributed by atoms with Crippen LogP contribution in [0.15, 0.2) is 34.7 Å². The summed E-state index contributed by atoms with van der Waals surface area (Å²) in [6.07, 6.45) is 7.86. The number of H-pyrrole nitrogens is 1. The van der Waals surface area contributed by atoms with Crippen molar-refractivity contribution >= 4 is 57.3 Å². The second-order valence-electron chi connectivity index (χ2n) is 8.79. The normalized spacial score (nSPS) is 16.2. The number of rotatable bonds is 7. The Kier molecular flexibility index (Phi) is 5.49. The highest BCUT2D eigenvalue weighted by Crippen LogP contribution is 2.39. The maximum atomic E-state index is 12.0. The number of nitrogens with one attached hydrogen (secondary N) is 2. The van der Waals surface area contributed by atoms with Gasteiger partial charge in [-0.2, -0.15) is 0 Å². The van der Waals surface area contributed by atoms with Crippen molar-refractivity contribution in [3.63, 3.8) is 0 Å². The van der Waals surface area contributed by atoms with E-state index in [1.807, 2.05) is 6.07 Å². The van der Waals surface area contributed by atoms with E-state index in [0.29, 0.717) is 28.3 Å². The predicted molar refractivity (Wildman–Crippen MR) is 131 cm³/mol. The Hall–Kier alpha value is -2.98. The SMILES string of the molecule is CCc1[nH]c2nc(Sc3cnc4nccnc4c3)nc(N3CC(CNC(=O)C4CC4)C3)c2c1Cl. The van der Waals surface area contributed by atoms with E-state index in [1.165, 1.54) is 11.8 Å². The molecule has 0 aromatic carbocycles. The lowest BCUT2D eigenvalue weighted by molar-refractivity contribution is -0.122. The third kappa shape index (κ3) is 4.05. The number of anilines is 1. The highest BCUT2D eigenvalue weighted by atomic mass is 35.5. The monoisotopic (exact) mass is 494 g/mol. The Morgan fingerprint density at radius 3 is 2.85 bits per heavy atom. The summed E-state index contributed by atoms with van der Waals surface area (Å²) in [5.74, 6) is 1.65. The van der Waals surface area contributed by atoms with Crippen LogP contribution in [0.5, 0.6) is 0 Å². The van der Waals surface area contributed by atoms with Crippen molar-refractivity contribution in [3.8, 4) is 0 Å². The molecule has 4 aromatic rings. The predicted octanol–water partition coefficient (Wildman–Crippen LogP) is 3.63. The van der Waals surface area contributed by atoms with Crippen LogP contribution in [0.1, 0.15) is 25.5 Å². The molecule has 0 spiro atoms. The van der Waals surface area contributed by atoms with Crippen LogP contribution in [-0.2, 0) is 11.2 Å². The number of aromatic nitrogens is 6. The molecule has 34 heavy (non-hydrogen) atoms. The van der Waals surface area contributed by atoms with E-state index in [4.69, 9.17) is 21.6 Å². The van der Waals surface area contributed by atoms with Crippen molar-refractivity contribution in [3.05, 3.63) is 35.4 Å². The topological polar surface area (TPSA) is 113 Å². The number of hydrogen-bond donors (Lipinski definition) is 2. The molecule has 2 aliphatic rings. The summed E-state index contributed by atoms with van der Waals surface area (Å²) >= 11 is 8.15. The third-order valence-electron chi connectivity index (χ3n) is 6.25. The van der Waals surface area contributed by atoms with Gasteiger partial charge in [-0.1, -0.05) is 18.5 Å². The van der Waals surface area contributed by atoms with Crippen molar-refractivity contribution in [2.45, 2.75) is 36.2 Å². The molecule has 0 unspecified atom stereocenters. The van der Waals surface area contributed by atoms with Crippen LogP contribution in [0, 0.1) is 11.8 Å². The molecule has 1 aliphatic carbocycles. The number of nitrogens with zero attached hydrogens (tertiary/aromatic N) is 6. The number of aromatic amines is 1. The van der Waals surface area contributed by atoms with Crippen molar-refractivity contribution in [1.29, 1.82) is 0 Å². The number of amides is 1. The summed E-state index contributed by atoms with van der Waals surface area (Å²) in [6, 6.07) is 1.94. The first-order valence-electron chi connectivity index (χ1n) is 11.4. The molecule has 1 amide bonds. The fraction of sp³-hybridized carbons (Fsp3) is 0.391. The Balaban J connectivity index is 1.27. The summed E-state index contributed by atoms with van der Waals surface area (Å²) in [5.41, 5.74) is 3.01. The largest absolute Gasteiger partial charge is 0.355 e. The van der Waals surface area contributed by atoms with E-state index < -0.39 is 0 Å². The van der Waals surface area contributed by atoms with Gasteiger partial charge in [0.2, 0.25) is 5.91 Å². The minimum Gasteiger partial charge on any atom is -0.355 e. The average Bonchev–Trinajstić information content (AvgIpc) is 3.62. The van der Waals surface area contributed by atoms with E-state index >= 15 is 0 Å². The van der Waals surface area contributed by atoms with Gasteiger partial charge in [-0.25, -0.2) is 19.9 Å². The van der Waals surface area contributed by atoms with Gasteiger partial charge in [0, 0.05) is 60.7 Å². The molecule has 6 rings (SSSR count). The molecular weight excluding hydrogens is 472 g/mol. The van der Waals surface area contributed by atoms with E-state index in [2.05, 4.69) is 37.1 Å². The number of pyridine rings is 1. The highest BCUT2D eigenvalue weighted by molar-refractivity contribution is 7.99. The van der Waals surface area contributed by atoms with Crippen LogP contribution < -0.4 is 10.2 Å². The van der Waals surface area contributed by atoms with Gasteiger partial charge < -0.3 is 15.2 Å². The van der Waals surface area contributed by atoms with Gasteiger partial charge in [0.05, 0.1) is 10.4 Å². The summed E-state index contributed by atoms with van der Waals surface area (Å²) in [6.45, 7) is 4.39. The molecule has 1 saturated heterocycles. The first-order chi connectivity index (χ1) is 16.6. The molecular formula is C23H23ClN8OS. The van der Waals surface area contributed by atoms with Gasteiger partial charge in [-0.3, -0.25) is 9.78 Å². The molecule has 4 aromatic heterocycles. The van der Waals surface area contributed by atoms with E-state index in [1.54, 1.807) is 18.6 Å². The van der Waals surface area contributed by atoms with Crippen molar-refractivity contribution in [1.82, 2.24) is 35.2 Å². The minimum atomic E-state index is 0.191. The van der Waals surface area contributed by atoms with Crippen molar-refractivity contribution < 1.29 is 4.79 Å². The number of aryl methyl sites for hydroxylation is 1. The Morgan fingerprint density at radius 2 is 2.06 bits per heavy atom. The minimum absolute atomic E-state index is 0.191. The average molecular weight is 495 g/mol. The van der Waals surface area contributed by atoms with E-state index in [9.17, 15) is 4.79 Å². The number of fused-ring (bicyclic) bond motifs is 2. The zero-order chi connectivity index (χ0) is 23.2. The summed E-state index contributed by atoms with van der Waals surface area (Å²) < 4.78 is 0. The molecule has 1 saturated carbocycles. The van der Waals surface area contributed by atoms with Crippen LogP contribution in [0.3, 0.4) is 0 Å². The smallest absolute Gasteiger partial charge is 0.223 e. The van der Waals surface area contributed by atoms with Crippen molar-refractivity contribution in [2.75, 3.05) is 24.5 Å². The number of hydrogen-bond acceptors (Lipinski definition) is 8. The maximum absolute atomic E-state index is 12.0.